The van der Waals surface area contributed by atoms with Crippen LogP contribution < -0.4 is 10.2 Å². The second-order valence-electron chi connectivity index (χ2n) is 6.91. The molecule has 5 heteroatoms. The Kier molecular flexibility index (Phi) is 5.87. The molecule has 0 aromatic heterocycles. The van der Waals surface area contributed by atoms with E-state index in [4.69, 9.17) is 4.74 Å². The normalized spacial score (nSPS) is 16.0. The van der Waals surface area contributed by atoms with Crippen molar-refractivity contribution in [2.24, 2.45) is 5.41 Å². The molecule has 0 saturated carbocycles. The van der Waals surface area contributed by atoms with E-state index in [1.54, 1.807) is 6.08 Å². The molecule has 1 heterocycles. The highest BCUT2D eigenvalue weighted by Gasteiger charge is 2.16. The average molecular weight is 381 g/mol. The van der Waals surface area contributed by atoms with Crippen molar-refractivity contribution in [3.8, 4) is 0 Å². The minimum Gasteiger partial charge on any atom is -0.378 e. The van der Waals surface area contributed by atoms with Gasteiger partial charge in [-0.1, -0.05) is 26.8 Å². The lowest BCUT2D eigenvalue weighted by molar-refractivity contribution is -0.112. The number of ether oxygens (including phenoxy) is 1. The molecule has 126 valence electrons. The highest BCUT2D eigenvalue weighted by Crippen LogP contribution is 2.32. The highest BCUT2D eigenvalue weighted by atomic mass is 79.9. The van der Waals surface area contributed by atoms with Crippen LogP contribution in [0, 0.1) is 12.3 Å². The van der Waals surface area contributed by atoms with E-state index in [0.717, 1.165) is 47.7 Å². The van der Waals surface area contributed by atoms with Gasteiger partial charge in [0.1, 0.15) is 0 Å². The summed E-state index contributed by atoms with van der Waals surface area (Å²) in [4.78, 5) is 14.4. The third-order valence-corrected chi connectivity index (χ3v) is 4.27. The van der Waals surface area contributed by atoms with E-state index in [1.807, 2.05) is 19.1 Å². The number of allylic oxidation sites excluding steroid dienone is 1. The molecular weight excluding hydrogens is 356 g/mol. The first-order chi connectivity index (χ1) is 10.8. The number of morpholine rings is 1. The second kappa shape index (κ2) is 7.49. The summed E-state index contributed by atoms with van der Waals surface area (Å²) >= 11 is 3.63. The number of carbonyl (C=O) groups excluding carboxylic acids is 1. The van der Waals surface area contributed by atoms with E-state index >= 15 is 0 Å². The summed E-state index contributed by atoms with van der Waals surface area (Å²) < 4.78 is 6.39. The van der Waals surface area contributed by atoms with Gasteiger partial charge in [-0.3, -0.25) is 4.79 Å². The molecule has 0 aliphatic carbocycles. The van der Waals surface area contributed by atoms with Gasteiger partial charge in [-0.25, -0.2) is 0 Å². The van der Waals surface area contributed by atoms with Gasteiger partial charge in [0.25, 0.3) is 0 Å². The molecule has 0 radical (unpaired) electrons. The molecule has 1 aromatic carbocycles. The van der Waals surface area contributed by atoms with Gasteiger partial charge in [0.2, 0.25) is 5.91 Å². The summed E-state index contributed by atoms with van der Waals surface area (Å²) in [6, 6.07) is 4.08. The summed E-state index contributed by atoms with van der Waals surface area (Å²) in [5.41, 5.74) is 3.02. The number of hydrogen-bond acceptors (Lipinski definition) is 3. The molecule has 0 unspecified atom stereocenters. The van der Waals surface area contributed by atoms with Gasteiger partial charge in [0, 0.05) is 23.2 Å². The fraction of sp³-hybridized carbons (Fsp3) is 0.500. The van der Waals surface area contributed by atoms with Crippen LogP contribution in [0.5, 0.6) is 0 Å². The molecule has 0 spiro atoms. The predicted octanol–water partition coefficient (Wildman–Crippen LogP) is 4.13. The maximum absolute atomic E-state index is 12.1. The van der Waals surface area contributed by atoms with Crippen LogP contribution in [0.15, 0.2) is 28.8 Å². The topological polar surface area (TPSA) is 41.6 Å². The van der Waals surface area contributed by atoms with Crippen molar-refractivity contribution in [1.29, 1.82) is 0 Å². The van der Waals surface area contributed by atoms with Crippen molar-refractivity contribution in [2.45, 2.75) is 27.7 Å². The number of carbonyl (C=O) groups is 1. The Morgan fingerprint density at radius 2 is 1.96 bits per heavy atom. The summed E-state index contributed by atoms with van der Waals surface area (Å²) in [5.74, 6) is -0.103. The molecule has 1 fully saturated rings. The van der Waals surface area contributed by atoms with Gasteiger partial charge in [0.15, 0.2) is 0 Å². The Hall–Kier alpha value is -1.33. The minimum atomic E-state index is -0.103. The number of anilines is 2. The smallest absolute Gasteiger partial charge is 0.248 e. The predicted molar refractivity (Wildman–Crippen MR) is 99.1 cm³/mol. The van der Waals surface area contributed by atoms with Crippen molar-refractivity contribution in [3.05, 3.63) is 34.3 Å². The van der Waals surface area contributed by atoms with Gasteiger partial charge in [-0.15, -0.1) is 0 Å². The molecule has 2 rings (SSSR count). The van der Waals surface area contributed by atoms with Gasteiger partial charge in [0.05, 0.1) is 18.9 Å². The first kappa shape index (κ1) is 18.0. The fourth-order valence-corrected chi connectivity index (χ4v) is 2.94. The fourth-order valence-electron chi connectivity index (χ4n) is 2.35. The standard InChI is InChI=1S/C18H25BrN2O2/c1-13-11-16(21-7-9-23-10-8-21)14(19)12-15(13)20-17(22)5-6-18(2,3)4/h5-6,11-12H,7-10H2,1-4H3,(H,20,22)/b6-5-. The lowest BCUT2D eigenvalue weighted by Crippen LogP contribution is -2.36. The Morgan fingerprint density at radius 3 is 2.57 bits per heavy atom. The minimum absolute atomic E-state index is 0.00679. The zero-order valence-electron chi connectivity index (χ0n) is 14.3. The van der Waals surface area contributed by atoms with Gasteiger partial charge >= 0.3 is 0 Å². The molecule has 0 atom stereocenters. The van der Waals surface area contributed by atoms with E-state index in [-0.39, 0.29) is 11.3 Å². The lowest BCUT2D eigenvalue weighted by Gasteiger charge is -2.30. The van der Waals surface area contributed by atoms with Crippen LogP contribution >= 0.6 is 15.9 Å². The Bertz CT molecular complexity index is 600. The molecule has 4 nitrogen and oxygen atoms in total. The van der Waals surface area contributed by atoms with Gasteiger partial charge < -0.3 is 15.0 Å². The lowest BCUT2D eigenvalue weighted by atomic mass is 9.96. The molecule has 1 N–H and O–H groups in total. The molecule has 1 amide bonds. The number of amides is 1. The summed E-state index contributed by atoms with van der Waals surface area (Å²) in [6.45, 7) is 11.5. The third-order valence-electron chi connectivity index (χ3n) is 3.64. The number of aryl methyl sites for hydroxylation is 1. The zero-order valence-corrected chi connectivity index (χ0v) is 15.9. The second-order valence-corrected chi connectivity index (χ2v) is 7.76. The van der Waals surface area contributed by atoms with E-state index in [1.165, 1.54) is 0 Å². The Labute approximate surface area is 147 Å². The van der Waals surface area contributed by atoms with E-state index in [9.17, 15) is 4.79 Å². The molecule has 1 saturated heterocycles. The monoisotopic (exact) mass is 380 g/mol. The van der Waals surface area contributed by atoms with E-state index in [0.29, 0.717) is 0 Å². The van der Waals surface area contributed by atoms with Crippen LogP contribution in [0.3, 0.4) is 0 Å². The highest BCUT2D eigenvalue weighted by molar-refractivity contribution is 9.10. The van der Waals surface area contributed by atoms with Crippen molar-refractivity contribution in [1.82, 2.24) is 0 Å². The Balaban J connectivity index is 2.13. The maximum Gasteiger partial charge on any atom is 0.248 e. The van der Waals surface area contributed by atoms with Crippen molar-refractivity contribution in [3.63, 3.8) is 0 Å². The SMILES string of the molecule is Cc1cc(N2CCOCC2)c(Br)cc1NC(=O)/C=C\C(C)(C)C. The number of rotatable bonds is 3. The summed E-state index contributed by atoms with van der Waals surface area (Å²) in [5, 5.41) is 2.95. The first-order valence-corrected chi connectivity index (χ1v) is 8.68. The van der Waals surface area contributed by atoms with Crippen LogP contribution in [-0.4, -0.2) is 32.2 Å². The molecule has 0 bridgehead atoms. The van der Waals surface area contributed by atoms with Gasteiger partial charge in [-0.05, 0) is 52.0 Å². The molecular formula is C18H25BrN2O2. The quantitative estimate of drug-likeness (QED) is 0.801. The van der Waals surface area contributed by atoms with Crippen LogP contribution in [0.4, 0.5) is 11.4 Å². The maximum atomic E-state index is 12.1. The third kappa shape index (κ3) is 5.36. The first-order valence-electron chi connectivity index (χ1n) is 7.89. The molecule has 23 heavy (non-hydrogen) atoms. The number of nitrogens with one attached hydrogen (secondary N) is 1. The van der Waals surface area contributed by atoms with Crippen LogP contribution in [0.25, 0.3) is 0 Å². The van der Waals surface area contributed by atoms with Crippen molar-refractivity contribution in [2.75, 3.05) is 36.5 Å². The largest absolute Gasteiger partial charge is 0.378 e. The number of halogens is 1. The molecule has 1 aliphatic heterocycles. The number of hydrogen-bond donors (Lipinski definition) is 1. The molecule has 1 aromatic rings. The molecule has 1 aliphatic rings. The van der Waals surface area contributed by atoms with Crippen LogP contribution in [0.1, 0.15) is 26.3 Å². The summed E-state index contributed by atoms with van der Waals surface area (Å²) in [6.07, 6.45) is 3.51. The number of benzene rings is 1. The van der Waals surface area contributed by atoms with E-state index < -0.39 is 0 Å². The number of nitrogens with zero attached hydrogens (tertiary/aromatic N) is 1. The van der Waals surface area contributed by atoms with Crippen LogP contribution in [-0.2, 0) is 9.53 Å². The van der Waals surface area contributed by atoms with Gasteiger partial charge in [-0.2, -0.15) is 0 Å². The van der Waals surface area contributed by atoms with Crippen LogP contribution in [0.2, 0.25) is 0 Å². The van der Waals surface area contributed by atoms with Crippen molar-refractivity contribution >= 4 is 33.2 Å². The Morgan fingerprint density at radius 1 is 1.30 bits per heavy atom. The summed E-state index contributed by atoms with van der Waals surface area (Å²) in [7, 11) is 0. The van der Waals surface area contributed by atoms with E-state index in [2.05, 4.69) is 53.0 Å². The van der Waals surface area contributed by atoms with Crippen molar-refractivity contribution < 1.29 is 9.53 Å². The zero-order chi connectivity index (χ0) is 17.0. The average Bonchev–Trinajstić information content (AvgIpc) is 2.49.